The minimum atomic E-state index is -3.78. The third-order valence-electron chi connectivity index (χ3n) is 3.60. The predicted molar refractivity (Wildman–Crippen MR) is 85.2 cm³/mol. The topological polar surface area (TPSA) is 49.4 Å². The minimum absolute atomic E-state index is 0.211. The fourth-order valence-electron chi connectivity index (χ4n) is 1.39. The normalized spacial score (nSPS) is 14.2. The van der Waals surface area contributed by atoms with Crippen LogP contribution in [-0.4, -0.2) is 32.3 Å². The molecule has 1 aromatic rings. The van der Waals surface area contributed by atoms with Gasteiger partial charge in [-0.05, 0) is 20.8 Å². The molecule has 1 aromatic carbocycles. The van der Waals surface area contributed by atoms with Crippen LogP contribution in [-0.2, 0) is 9.09 Å². The maximum Gasteiger partial charge on any atom is 0.164 e. The third kappa shape index (κ3) is 6.68. The highest BCUT2D eigenvalue weighted by Crippen LogP contribution is 2.53. The average Bonchev–Trinajstić information content (AvgIpc) is 2.48. The van der Waals surface area contributed by atoms with Gasteiger partial charge in [-0.2, -0.15) is 0 Å². The molecular formula is C14H26O3P2. The molecule has 1 unspecified atom stereocenters. The molecule has 3 nitrogen and oxygen atoms in total. The van der Waals surface area contributed by atoms with Gasteiger partial charge in [0.25, 0.3) is 0 Å². The molecule has 5 heteroatoms. The zero-order valence-corrected chi connectivity index (χ0v) is 14.4. The van der Waals surface area contributed by atoms with E-state index in [1.165, 1.54) is 30.6 Å². The van der Waals surface area contributed by atoms with Crippen LogP contribution in [0.15, 0.2) is 30.3 Å². The summed E-state index contributed by atoms with van der Waals surface area (Å²) in [5.74, 6) is 0. The van der Waals surface area contributed by atoms with Gasteiger partial charge < -0.3 is 14.0 Å². The summed E-state index contributed by atoms with van der Waals surface area (Å²) in [6, 6.07) is 8.05. The Bertz CT molecular complexity index is 381. The first-order valence-electron chi connectivity index (χ1n) is 6.61. The Morgan fingerprint density at radius 3 is 1.79 bits per heavy atom. The van der Waals surface area contributed by atoms with E-state index in [4.69, 9.17) is 0 Å². The Hall–Kier alpha value is -0.200. The molecule has 0 aliphatic heterocycles. The van der Waals surface area contributed by atoms with Crippen molar-refractivity contribution < 1.29 is 14.0 Å². The van der Waals surface area contributed by atoms with E-state index >= 15 is 0 Å². The van der Waals surface area contributed by atoms with Crippen molar-refractivity contribution >= 4 is 20.2 Å². The molecule has 0 N–H and O–H groups in total. The molecule has 0 fully saturated rings. The van der Waals surface area contributed by atoms with Gasteiger partial charge >= 0.3 is 0 Å². The van der Waals surface area contributed by atoms with Gasteiger partial charge in [0.1, 0.15) is 0 Å². The average molecular weight is 304 g/mol. The zero-order chi connectivity index (χ0) is 14.9. The predicted octanol–water partition coefficient (Wildman–Crippen LogP) is 3.21. The van der Waals surface area contributed by atoms with Crippen LogP contribution in [0.3, 0.4) is 0 Å². The molecule has 0 aromatic heterocycles. The van der Waals surface area contributed by atoms with Crippen LogP contribution >= 0.6 is 14.9 Å². The highest BCUT2D eigenvalue weighted by molar-refractivity contribution is 7.75. The second-order valence-electron chi connectivity index (χ2n) is 4.58. The highest BCUT2D eigenvalue weighted by atomic mass is 31.2. The molecule has 0 heterocycles. The lowest BCUT2D eigenvalue weighted by molar-refractivity contribution is -0.191. The molecule has 0 bridgehead atoms. The van der Waals surface area contributed by atoms with Gasteiger partial charge in [-0.3, -0.25) is 0 Å². The van der Waals surface area contributed by atoms with Crippen LogP contribution < -0.4 is 10.2 Å². The lowest BCUT2D eigenvalue weighted by Crippen LogP contribution is -2.15. The molecule has 0 saturated heterocycles. The van der Waals surface area contributed by atoms with E-state index in [1.54, 1.807) is 18.2 Å². The maximum absolute atomic E-state index is 11.0. The van der Waals surface area contributed by atoms with Crippen molar-refractivity contribution in [2.45, 2.75) is 20.8 Å². The van der Waals surface area contributed by atoms with Crippen LogP contribution in [0.25, 0.3) is 0 Å². The van der Waals surface area contributed by atoms with Gasteiger partial charge in [0, 0.05) is 26.3 Å². The second kappa shape index (κ2) is 8.87. The summed E-state index contributed by atoms with van der Waals surface area (Å²) in [6.45, 7) is 9.43. The van der Waals surface area contributed by atoms with Crippen molar-refractivity contribution in [3.63, 3.8) is 0 Å². The first kappa shape index (κ1) is 18.8. The van der Waals surface area contributed by atoms with Crippen molar-refractivity contribution in [1.82, 2.24) is 0 Å². The Balaban J connectivity index is 0.000000362. The largest absolute Gasteiger partial charge is 0.775 e. The molecule has 1 rings (SSSR count). The summed E-state index contributed by atoms with van der Waals surface area (Å²) in [5, 5.41) is 0.211. The van der Waals surface area contributed by atoms with Gasteiger partial charge in [-0.25, -0.2) is 0 Å². The molecule has 1 atom stereocenters. The Morgan fingerprint density at radius 1 is 1.11 bits per heavy atom. The molecule has 0 radical (unpaired) electrons. The van der Waals surface area contributed by atoms with E-state index in [0.29, 0.717) is 0 Å². The first-order chi connectivity index (χ1) is 8.85. The van der Waals surface area contributed by atoms with Gasteiger partial charge in [-0.15, -0.1) is 0 Å². The Labute approximate surface area is 118 Å². The smallest absolute Gasteiger partial charge is 0.164 e. The second-order valence-corrected chi connectivity index (χ2v) is 11.6. The molecule has 0 amide bonds. The standard InChI is InChI=1S/C7H9O3P.C7H18P/c1-10-11(8,9)7-5-3-2-4-6-7;1-5-8(4,6-2)7-3/h2-6H,1H3,(H,8,9);5-7H2,1-4H3/q;+1/p-1. The van der Waals surface area contributed by atoms with E-state index in [2.05, 4.69) is 32.0 Å². The lowest BCUT2D eigenvalue weighted by atomic mass is 10.4. The summed E-state index contributed by atoms with van der Waals surface area (Å²) >= 11 is 0. The highest BCUT2D eigenvalue weighted by Gasteiger charge is 2.22. The number of hydrogen-bond acceptors (Lipinski definition) is 3. The van der Waals surface area contributed by atoms with Crippen LogP contribution in [0.1, 0.15) is 20.8 Å². The third-order valence-corrected chi connectivity index (χ3v) is 9.60. The van der Waals surface area contributed by atoms with Crippen molar-refractivity contribution in [3.05, 3.63) is 30.3 Å². The molecule has 0 spiro atoms. The van der Waals surface area contributed by atoms with E-state index < -0.39 is 14.9 Å². The fraction of sp³-hybridized carbons (Fsp3) is 0.571. The van der Waals surface area contributed by atoms with Gasteiger partial charge in [0.15, 0.2) is 7.60 Å². The number of rotatable bonds is 5. The van der Waals surface area contributed by atoms with E-state index in [-0.39, 0.29) is 5.30 Å². The number of hydrogen-bond donors (Lipinski definition) is 0. The van der Waals surface area contributed by atoms with Crippen molar-refractivity contribution in [2.75, 3.05) is 32.3 Å². The van der Waals surface area contributed by atoms with Crippen molar-refractivity contribution in [2.24, 2.45) is 0 Å². The summed E-state index contributed by atoms with van der Waals surface area (Å²) in [7, 11) is -3.03. The van der Waals surface area contributed by atoms with Crippen LogP contribution in [0, 0.1) is 0 Å². The van der Waals surface area contributed by atoms with Gasteiger partial charge in [0.05, 0.1) is 18.5 Å². The van der Waals surface area contributed by atoms with E-state index in [9.17, 15) is 9.46 Å². The molecule has 0 saturated carbocycles. The molecular weight excluding hydrogens is 278 g/mol. The lowest BCUT2D eigenvalue weighted by Gasteiger charge is -2.20. The molecule has 19 heavy (non-hydrogen) atoms. The van der Waals surface area contributed by atoms with Crippen molar-refractivity contribution in [1.29, 1.82) is 0 Å². The first-order valence-corrected chi connectivity index (χ1v) is 10.9. The van der Waals surface area contributed by atoms with Gasteiger partial charge in [0.2, 0.25) is 0 Å². The minimum Gasteiger partial charge on any atom is -0.775 e. The maximum atomic E-state index is 11.0. The Kier molecular flexibility index (Phi) is 8.78. The van der Waals surface area contributed by atoms with Crippen LogP contribution in [0.2, 0.25) is 0 Å². The zero-order valence-electron chi connectivity index (χ0n) is 12.6. The molecule has 110 valence electrons. The molecule has 0 aliphatic carbocycles. The summed E-state index contributed by atoms with van der Waals surface area (Å²) in [5.41, 5.74) is 0. The summed E-state index contributed by atoms with van der Waals surface area (Å²) < 4.78 is 15.3. The SMILES string of the molecule is CC[P+](C)(CC)CC.COP(=O)([O-])c1ccccc1. The number of benzene rings is 1. The fourth-order valence-corrected chi connectivity index (χ4v) is 3.48. The van der Waals surface area contributed by atoms with Crippen molar-refractivity contribution in [3.8, 4) is 0 Å². The molecule has 0 aliphatic rings. The van der Waals surface area contributed by atoms with Gasteiger partial charge in [-0.1, -0.05) is 30.3 Å². The quantitative estimate of drug-likeness (QED) is 0.785. The van der Waals surface area contributed by atoms with E-state index in [1.807, 2.05) is 0 Å². The monoisotopic (exact) mass is 304 g/mol. The summed E-state index contributed by atoms with van der Waals surface area (Å²) in [4.78, 5) is 11.0. The Morgan fingerprint density at radius 2 is 1.53 bits per heavy atom. The van der Waals surface area contributed by atoms with Crippen LogP contribution in [0.4, 0.5) is 0 Å². The summed E-state index contributed by atoms with van der Waals surface area (Å²) in [6.07, 6.45) is 4.29. The van der Waals surface area contributed by atoms with Crippen LogP contribution in [0.5, 0.6) is 0 Å². The van der Waals surface area contributed by atoms with E-state index in [0.717, 1.165) is 7.11 Å².